The smallest absolute Gasteiger partial charge is 0.262 e. The summed E-state index contributed by atoms with van der Waals surface area (Å²) in [5, 5.41) is 9.82. The van der Waals surface area contributed by atoms with Crippen molar-refractivity contribution in [3.8, 4) is 0 Å². The number of hydrogen-bond donors (Lipinski definition) is 2. The van der Waals surface area contributed by atoms with E-state index in [4.69, 9.17) is 4.74 Å². The van der Waals surface area contributed by atoms with E-state index in [0.717, 1.165) is 25.0 Å². The molecule has 1 aliphatic heterocycles. The zero-order valence-corrected chi connectivity index (χ0v) is 13.7. The number of hydrogen-bond acceptors (Lipinski definition) is 5. The third-order valence-corrected chi connectivity index (χ3v) is 5.57. The summed E-state index contributed by atoms with van der Waals surface area (Å²) in [6.45, 7) is 3.37. The first-order valence-corrected chi connectivity index (χ1v) is 8.67. The van der Waals surface area contributed by atoms with E-state index in [-0.39, 0.29) is 11.1 Å². The van der Waals surface area contributed by atoms with E-state index < -0.39 is 10.0 Å². The number of likely N-dealkylation sites (N-methyl/N-ethyl adjacent to an activating group) is 1. The maximum absolute atomic E-state index is 12.7. The van der Waals surface area contributed by atoms with Crippen LogP contribution >= 0.6 is 0 Å². The van der Waals surface area contributed by atoms with Crippen molar-refractivity contribution < 1.29 is 13.2 Å². The Balaban J connectivity index is 2.16. The molecule has 1 aromatic heterocycles. The third-order valence-electron chi connectivity index (χ3n) is 3.78. The zero-order chi connectivity index (χ0) is 15.5. The lowest BCUT2D eigenvalue weighted by Crippen LogP contribution is -2.37. The van der Waals surface area contributed by atoms with Crippen LogP contribution in [0.5, 0.6) is 0 Å². The van der Waals surface area contributed by atoms with Gasteiger partial charge in [-0.25, -0.2) is 8.42 Å². The molecule has 1 atom stereocenters. The summed E-state index contributed by atoms with van der Waals surface area (Å²) in [7, 11) is -0.235. The zero-order valence-electron chi connectivity index (χ0n) is 12.8. The normalized spacial score (nSPS) is 20.1. The van der Waals surface area contributed by atoms with Gasteiger partial charge in [-0.05, 0) is 33.2 Å². The second kappa shape index (κ2) is 6.87. The average molecular weight is 316 g/mol. The van der Waals surface area contributed by atoms with Gasteiger partial charge in [0.1, 0.15) is 0 Å². The molecule has 2 N–H and O–H groups in total. The van der Waals surface area contributed by atoms with Crippen molar-refractivity contribution in [2.45, 2.75) is 43.9 Å². The number of ether oxygens (including phenoxy) is 1. The molecule has 0 bridgehead atoms. The molecule has 0 aliphatic carbocycles. The minimum Gasteiger partial charge on any atom is -0.377 e. The van der Waals surface area contributed by atoms with Crippen LogP contribution in [0, 0.1) is 6.92 Å². The highest BCUT2D eigenvalue weighted by Crippen LogP contribution is 2.21. The van der Waals surface area contributed by atoms with Crippen LogP contribution in [0.3, 0.4) is 0 Å². The minimum atomic E-state index is -3.60. The quantitative estimate of drug-likeness (QED) is 0.803. The molecule has 0 saturated carbocycles. The standard InChI is InChI=1S/C13H24N4O3S/c1-10-12(8-14-2)13(16-15-10)21(18,19)17(3)9-11-6-4-5-7-20-11/h11,14H,4-9H2,1-3H3,(H,15,16). The molecular formula is C13H24N4O3S. The van der Waals surface area contributed by atoms with E-state index in [0.29, 0.717) is 25.3 Å². The highest BCUT2D eigenvalue weighted by molar-refractivity contribution is 7.89. The summed E-state index contributed by atoms with van der Waals surface area (Å²) >= 11 is 0. The van der Waals surface area contributed by atoms with E-state index in [1.807, 2.05) is 6.92 Å². The van der Waals surface area contributed by atoms with Crippen LogP contribution in [0.4, 0.5) is 0 Å². The molecule has 2 heterocycles. The molecule has 1 saturated heterocycles. The summed E-state index contributed by atoms with van der Waals surface area (Å²) in [5.74, 6) is 0. The highest BCUT2D eigenvalue weighted by atomic mass is 32.2. The lowest BCUT2D eigenvalue weighted by molar-refractivity contribution is 0.00856. The van der Waals surface area contributed by atoms with E-state index >= 15 is 0 Å². The number of rotatable bonds is 6. The van der Waals surface area contributed by atoms with Crippen molar-refractivity contribution in [2.24, 2.45) is 0 Å². The van der Waals surface area contributed by atoms with Crippen LogP contribution < -0.4 is 5.32 Å². The van der Waals surface area contributed by atoms with Gasteiger partial charge in [0.2, 0.25) is 0 Å². The van der Waals surface area contributed by atoms with Gasteiger partial charge < -0.3 is 10.1 Å². The fourth-order valence-corrected chi connectivity index (χ4v) is 3.87. The summed E-state index contributed by atoms with van der Waals surface area (Å²) < 4.78 is 32.3. The molecule has 1 unspecified atom stereocenters. The third kappa shape index (κ3) is 3.63. The van der Waals surface area contributed by atoms with Crippen molar-refractivity contribution in [3.05, 3.63) is 11.3 Å². The van der Waals surface area contributed by atoms with Gasteiger partial charge in [0, 0.05) is 38.0 Å². The Hall–Kier alpha value is -0.960. The Bertz CT molecular complexity index is 564. The summed E-state index contributed by atoms with van der Waals surface area (Å²) in [5.41, 5.74) is 1.46. The van der Waals surface area contributed by atoms with Crippen molar-refractivity contribution in [3.63, 3.8) is 0 Å². The van der Waals surface area contributed by atoms with Crippen LogP contribution in [0.15, 0.2) is 5.03 Å². The molecular weight excluding hydrogens is 292 g/mol. The van der Waals surface area contributed by atoms with Crippen molar-refractivity contribution in [1.29, 1.82) is 0 Å². The Morgan fingerprint density at radius 1 is 1.48 bits per heavy atom. The lowest BCUT2D eigenvalue weighted by Gasteiger charge is -2.26. The summed E-state index contributed by atoms with van der Waals surface area (Å²) in [6, 6.07) is 0. The van der Waals surface area contributed by atoms with Crippen molar-refractivity contribution >= 4 is 10.0 Å². The Labute approximate surface area is 126 Å². The molecule has 1 fully saturated rings. The van der Waals surface area contributed by atoms with Crippen molar-refractivity contribution in [2.75, 3.05) is 27.2 Å². The molecule has 0 spiro atoms. The second-order valence-electron chi connectivity index (χ2n) is 5.44. The second-order valence-corrected chi connectivity index (χ2v) is 7.40. The van der Waals surface area contributed by atoms with Gasteiger partial charge in [0.05, 0.1) is 6.10 Å². The molecule has 21 heavy (non-hydrogen) atoms. The molecule has 0 aromatic carbocycles. The fourth-order valence-electron chi connectivity index (χ4n) is 2.51. The maximum atomic E-state index is 12.7. The predicted molar refractivity (Wildman–Crippen MR) is 79.5 cm³/mol. The van der Waals surface area contributed by atoms with Gasteiger partial charge in [-0.1, -0.05) is 0 Å². The Morgan fingerprint density at radius 3 is 2.86 bits per heavy atom. The molecule has 0 radical (unpaired) electrons. The minimum absolute atomic E-state index is 0.0219. The number of aromatic amines is 1. The van der Waals surface area contributed by atoms with Gasteiger partial charge in [-0.3, -0.25) is 5.10 Å². The number of aryl methyl sites for hydroxylation is 1. The van der Waals surface area contributed by atoms with Crippen molar-refractivity contribution in [1.82, 2.24) is 19.8 Å². The maximum Gasteiger partial charge on any atom is 0.262 e. The molecule has 7 nitrogen and oxygen atoms in total. The number of sulfonamides is 1. The molecule has 1 aromatic rings. The molecule has 0 amide bonds. The van der Waals surface area contributed by atoms with Crippen LogP contribution in [0.2, 0.25) is 0 Å². The Morgan fingerprint density at radius 2 is 2.24 bits per heavy atom. The average Bonchev–Trinajstić information content (AvgIpc) is 2.82. The lowest BCUT2D eigenvalue weighted by atomic mass is 10.1. The van der Waals surface area contributed by atoms with E-state index in [2.05, 4.69) is 15.5 Å². The monoisotopic (exact) mass is 316 g/mol. The fraction of sp³-hybridized carbons (Fsp3) is 0.769. The SMILES string of the molecule is CNCc1c(S(=O)(=O)N(C)CC2CCCCO2)n[nH]c1C. The molecule has 8 heteroatoms. The first kappa shape index (κ1) is 16.4. The van der Waals surface area contributed by atoms with Crippen LogP contribution in [-0.2, 0) is 21.3 Å². The van der Waals surface area contributed by atoms with Gasteiger partial charge in [-0.2, -0.15) is 9.40 Å². The van der Waals surface area contributed by atoms with Gasteiger partial charge >= 0.3 is 0 Å². The topological polar surface area (TPSA) is 87.3 Å². The number of aromatic nitrogens is 2. The van der Waals surface area contributed by atoms with Gasteiger partial charge in [0.15, 0.2) is 5.03 Å². The van der Waals surface area contributed by atoms with Crippen LogP contribution in [-0.4, -0.2) is 56.3 Å². The number of nitrogens with one attached hydrogen (secondary N) is 2. The van der Waals surface area contributed by atoms with Gasteiger partial charge in [0.25, 0.3) is 10.0 Å². The molecule has 120 valence electrons. The Kier molecular flexibility index (Phi) is 5.37. The predicted octanol–water partition coefficient (Wildman–Crippen LogP) is 0.627. The largest absolute Gasteiger partial charge is 0.377 e. The van der Waals surface area contributed by atoms with Gasteiger partial charge in [-0.15, -0.1) is 0 Å². The van der Waals surface area contributed by atoms with E-state index in [1.54, 1.807) is 14.1 Å². The number of nitrogens with zero attached hydrogens (tertiary/aromatic N) is 2. The van der Waals surface area contributed by atoms with Crippen LogP contribution in [0.1, 0.15) is 30.5 Å². The highest BCUT2D eigenvalue weighted by Gasteiger charge is 2.30. The molecule has 1 aliphatic rings. The summed E-state index contributed by atoms with van der Waals surface area (Å²) in [4.78, 5) is 0. The number of H-pyrrole nitrogens is 1. The van der Waals surface area contributed by atoms with E-state index in [9.17, 15) is 8.42 Å². The first-order valence-electron chi connectivity index (χ1n) is 7.23. The molecule has 2 rings (SSSR count). The first-order chi connectivity index (χ1) is 9.96. The van der Waals surface area contributed by atoms with Crippen LogP contribution in [0.25, 0.3) is 0 Å². The van der Waals surface area contributed by atoms with E-state index in [1.165, 1.54) is 4.31 Å². The summed E-state index contributed by atoms with van der Waals surface area (Å²) in [6.07, 6.45) is 3.03.